The lowest BCUT2D eigenvalue weighted by Gasteiger charge is -2.33. The average molecular weight is 508 g/mol. The number of ether oxygens (including phenoxy) is 1. The minimum Gasteiger partial charge on any atom is -0.465 e. The van der Waals surface area contributed by atoms with Gasteiger partial charge in [0.25, 0.3) is 11.3 Å². The molecule has 0 radical (unpaired) electrons. The van der Waals surface area contributed by atoms with Crippen LogP contribution >= 0.6 is 0 Å². The Morgan fingerprint density at radius 2 is 2.00 bits per heavy atom. The van der Waals surface area contributed by atoms with Gasteiger partial charge in [-0.15, -0.1) is 0 Å². The van der Waals surface area contributed by atoms with Gasteiger partial charge in [0.15, 0.2) is 0 Å². The fourth-order valence-corrected chi connectivity index (χ4v) is 5.19. The van der Waals surface area contributed by atoms with Crippen molar-refractivity contribution < 1.29 is 31.5 Å². The summed E-state index contributed by atoms with van der Waals surface area (Å²) >= 11 is -2.61. The van der Waals surface area contributed by atoms with E-state index in [0.717, 1.165) is 10.4 Å². The van der Waals surface area contributed by atoms with E-state index in [9.17, 15) is 26.7 Å². The molecule has 0 amide bonds. The number of rotatable bonds is 7. The van der Waals surface area contributed by atoms with Gasteiger partial charge in [-0.1, -0.05) is 36.4 Å². The number of carbonyl (C=O) groups is 1. The average Bonchev–Trinajstić information content (AvgIpc) is 3.22. The molecular weight excluding hydrogens is 483 g/mol. The number of aromatic nitrogens is 2. The number of anilines is 1. The molecule has 0 saturated heterocycles. The molecule has 0 spiro atoms. The summed E-state index contributed by atoms with van der Waals surface area (Å²) < 4.78 is 72.2. The molecule has 0 bridgehead atoms. The molecule has 3 aromatic rings. The largest absolute Gasteiger partial charge is 0.465 e. The van der Waals surface area contributed by atoms with Crippen molar-refractivity contribution in [3.63, 3.8) is 0 Å². The molecule has 1 aliphatic rings. The van der Waals surface area contributed by atoms with Crippen molar-refractivity contribution in [2.45, 2.75) is 44.9 Å². The van der Waals surface area contributed by atoms with Crippen molar-refractivity contribution in [3.05, 3.63) is 71.5 Å². The molecule has 186 valence electrons. The summed E-state index contributed by atoms with van der Waals surface area (Å²) in [5.74, 6) is -0.463. The molecule has 1 aromatic heterocycles. The van der Waals surface area contributed by atoms with Gasteiger partial charge >= 0.3 is 12.1 Å². The Kier molecular flexibility index (Phi) is 7.27. The van der Waals surface area contributed by atoms with Gasteiger partial charge in [-0.25, -0.2) is 4.21 Å². The molecule has 0 saturated carbocycles. The van der Waals surface area contributed by atoms with Crippen molar-refractivity contribution in [3.8, 4) is 11.1 Å². The fraction of sp³-hybridized carbons (Fsp3) is 0.333. The maximum atomic E-state index is 14.0. The van der Waals surface area contributed by atoms with E-state index in [4.69, 9.17) is 4.74 Å². The van der Waals surface area contributed by atoms with E-state index in [1.54, 1.807) is 37.3 Å². The number of benzene rings is 2. The quantitative estimate of drug-likeness (QED) is 0.353. The standard InChI is InChI=1S/C24H24F3N3O4S/c1-2-34-23(31)15-29-21-9-6-10-22(19(21)14-28-29)30(35(32)33)17-11-12-18(16-7-4-3-5-8-16)20(13-17)24(25,26)27/h3-5,7-8,11-14,22H,2,6,9-10,15H2,1H3,(H,32,33). The highest BCUT2D eigenvalue weighted by molar-refractivity contribution is 7.80. The van der Waals surface area contributed by atoms with Crippen LogP contribution in [0.5, 0.6) is 0 Å². The molecule has 2 atom stereocenters. The highest BCUT2D eigenvalue weighted by Crippen LogP contribution is 2.43. The second-order valence-corrected chi connectivity index (χ2v) is 8.92. The van der Waals surface area contributed by atoms with Crippen LogP contribution in [0.25, 0.3) is 11.1 Å². The van der Waals surface area contributed by atoms with Crippen molar-refractivity contribution in [1.29, 1.82) is 0 Å². The Morgan fingerprint density at radius 1 is 1.26 bits per heavy atom. The van der Waals surface area contributed by atoms with E-state index < -0.39 is 35.0 Å². The summed E-state index contributed by atoms with van der Waals surface area (Å²) in [6, 6.07) is 11.1. The normalized spacial score (nSPS) is 16.4. The van der Waals surface area contributed by atoms with E-state index in [2.05, 4.69) is 5.10 Å². The topological polar surface area (TPSA) is 84.7 Å². The molecule has 11 heteroatoms. The van der Waals surface area contributed by atoms with Crippen LogP contribution in [0.2, 0.25) is 0 Å². The van der Waals surface area contributed by atoms with Crippen molar-refractivity contribution >= 4 is 22.9 Å². The number of fused-ring (bicyclic) bond motifs is 1. The molecule has 4 rings (SSSR count). The third-order valence-corrected chi connectivity index (χ3v) is 6.72. The molecule has 1 N–H and O–H groups in total. The zero-order valence-electron chi connectivity index (χ0n) is 18.9. The van der Waals surface area contributed by atoms with Gasteiger partial charge in [0.05, 0.1) is 30.1 Å². The van der Waals surface area contributed by atoms with Crippen LogP contribution in [0.4, 0.5) is 18.9 Å². The molecule has 1 heterocycles. The first-order chi connectivity index (χ1) is 16.7. The van der Waals surface area contributed by atoms with Gasteiger partial charge in [-0.3, -0.25) is 18.3 Å². The summed E-state index contributed by atoms with van der Waals surface area (Å²) in [5.41, 5.74) is 0.741. The first-order valence-electron chi connectivity index (χ1n) is 11.1. The summed E-state index contributed by atoms with van der Waals surface area (Å²) in [7, 11) is 0. The van der Waals surface area contributed by atoms with Gasteiger partial charge in [0.1, 0.15) is 6.54 Å². The van der Waals surface area contributed by atoms with Gasteiger partial charge in [0.2, 0.25) is 0 Å². The lowest BCUT2D eigenvalue weighted by Crippen LogP contribution is -2.33. The van der Waals surface area contributed by atoms with Crippen LogP contribution in [0.15, 0.2) is 54.7 Å². The number of hydrogen-bond donors (Lipinski definition) is 1. The van der Waals surface area contributed by atoms with E-state index in [1.807, 2.05) is 0 Å². The lowest BCUT2D eigenvalue weighted by molar-refractivity contribution is -0.144. The van der Waals surface area contributed by atoms with Crippen LogP contribution in [-0.4, -0.2) is 31.1 Å². The van der Waals surface area contributed by atoms with E-state index in [-0.39, 0.29) is 24.4 Å². The van der Waals surface area contributed by atoms with Crippen LogP contribution in [0.3, 0.4) is 0 Å². The van der Waals surface area contributed by atoms with E-state index in [1.165, 1.54) is 23.0 Å². The Labute approximate surface area is 202 Å². The SMILES string of the molecule is CCOC(=O)Cn1ncc2c1CCCC2N(c1ccc(-c2ccccc2)c(C(F)(F)F)c1)S(=O)O. The minimum absolute atomic E-state index is 0.0166. The number of halogens is 3. The summed E-state index contributed by atoms with van der Waals surface area (Å²) in [4.78, 5) is 11.9. The van der Waals surface area contributed by atoms with Gasteiger partial charge in [-0.2, -0.15) is 18.3 Å². The van der Waals surface area contributed by atoms with Crippen molar-refractivity contribution in [2.24, 2.45) is 0 Å². The Bertz CT molecular complexity index is 1230. The predicted molar refractivity (Wildman–Crippen MR) is 125 cm³/mol. The molecule has 0 aliphatic heterocycles. The molecule has 1 aliphatic carbocycles. The molecule has 0 fully saturated rings. The predicted octanol–water partition coefficient (Wildman–Crippen LogP) is 5.15. The summed E-state index contributed by atoms with van der Waals surface area (Å²) in [6.07, 6.45) is -1.55. The molecule has 7 nitrogen and oxygen atoms in total. The Balaban J connectivity index is 1.75. The molecule has 2 aromatic carbocycles. The van der Waals surface area contributed by atoms with Crippen LogP contribution in [0.1, 0.15) is 42.6 Å². The highest BCUT2D eigenvalue weighted by atomic mass is 32.2. The summed E-state index contributed by atoms with van der Waals surface area (Å²) in [5, 5.41) is 4.24. The first-order valence-corrected chi connectivity index (χ1v) is 12.1. The molecule has 2 unspecified atom stereocenters. The van der Waals surface area contributed by atoms with Crippen molar-refractivity contribution in [2.75, 3.05) is 10.9 Å². The zero-order valence-corrected chi connectivity index (χ0v) is 19.7. The number of esters is 1. The smallest absolute Gasteiger partial charge is 0.417 e. The maximum Gasteiger partial charge on any atom is 0.417 e. The number of carbonyl (C=O) groups excluding carboxylic acids is 1. The number of alkyl halides is 3. The summed E-state index contributed by atoms with van der Waals surface area (Å²) in [6.45, 7) is 1.81. The van der Waals surface area contributed by atoms with Gasteiger partial charge in [0, 0.05) is 11.3 Å². The van der Waals surface area contributed by atoms with E-state index >= 15 is 0 Å². The van der Waals surface area contributed by atoms with E-state index in [0.29, 0.717) is 36.1 Å². The lowest BCUT2D eigenvalue weighted by atomic mass is 9.92. The third kappa shape index (κ3) is 5.25. The number of hydrogen-bond acceptors (Lipinski definition) is 4. The van der Waals surface area contributed by atoms with Gasteiger partial charge < -0.3 is 4.74 Å². The van der Waals surface area contributed by atoms with Crippen molar-refractivity contribution in [1.82, 2.24) is 9.78 Å². The Morgan fingerprint density at radius 3 is 2.66 bits per heavy atom. The monoisotopic (exact) mass is 507 g/mol. The molecular formula is C24H24F3N3O4S. The Hall–Kier alpha value is -3.18. The van der Waals surface area contributed by atoms with Crippen LogP contribution < -0.4 is 4.31 Å². The second kappa shape index (κ2) is 10.2. The first kappa shape index (κ1) is 24.9. The third-order valence-electron chi connectivity index (χ3n) is 5.91. The second-order valence-electron chi connectivity index (χ2n) is 8.07. The zero-order chi connectivity index (χ0) is 25.2. The van der Waals surface area contributed by atoms with Gasteiger partial charge in [-0.05, 0) is 49.4 Å². The minimum atomic E-state index is -4.67. The van der Waals surface area contributed by atoms with Crippen LogP contribution in [-0.2, 0) is 39.9 Å². The fourth-order valence-electron chi connectivity index (χ4n) is 4.46. The number of nitrogens with zero attached hydrogens (tertiary/aromatic N) is 3. The highest BCUT2D eigenvalue weighted by Gasteiger charge is 2.37. The van der Waals surface area contributed by atoms with Crippen LogP contribution in [0, 0.1) is 0 Å². The maximum absolute atomic E-state index is 14.0. The molecule has 35 heavy (non-hydrogen) atoms.